The number of benzene rings is 2. The molecule has 9 heteroatoms. The summed E-state index contributed by atoms with van der Waals surface area (Å²) < 4.78 is 11.3. The van der Waals surface area contributed by atoms with E-state index in [0.29, 0.717) is 29.0 Å². The van der Waals surface area contributed by atoms with Gasteiger partial charge in [-0.05, 0) is 63.0 Å². The number of nitro groups is 1. The fourth-order valence-electron chi connectivity index (χ4n) is 4.72. The third kappa shape index (κ3) is 5.98. The van der Waals surface area contributed by atoms with Crippen molar-refractivity contribution in [2.45, 2.75) is 39.2 Å². The molecule has 1 atom stereocenters. The molecule has 0 saturated carbocycles. The highest BCUT2D eigenvalue weighted by Crippen LogP contribution is 2.26. The molecule has 2 heterocycles. The average molecular weight is 495 g/mol. The summed E-state index contributed by atoms with van der Waals surface area (Å²) in [7, 11) is 0. The van der Waals surface area contributed by atoms with Gasteiger partial charge in [0, 0.05) is 48.0 Å². The molecule has 9 nitrogen and oxygen atoms in total. The van der Waals surface area contributed by atoms with Crippen LogP contribution in [0.2, 0.25) is 0 Å². The number of nitro benzene ring substituents is 1. The van der Waals surface area contributed by atoms with Crippen LogP contribution in [0.15, 0.2) is 51.7 Å². The van der Waals surface area contributed by atoms with E-state index in [4.69, 9.17) is 9.15 Å². The van der Waals surface area contributed by atoms with E-state index in [1.807, 2.05) is 6.92 Å². The lowest BCUT2D eigenvalue weighted by molar-refractivity contribution is -0.384. The lowest BCUT2D eigenvalue weighted by atomic mass is 9.93. The number of Topliss-reactive ketones (excluding diaryl/α,β-unsaturated/α-hetero) is 1. The summed E-state index contributed by atoms with van der Waals surface area (Å²) in [6.45, 7) is 5.57. The fraction of sp³-hybridized carbons (Fsp3) is 0.407. The molecule has 36 heavy (non-hydrogen) atoms. The number of hydrogen-bond acceptors (Lipinski definition) is 8. The van der Waals surface area contributed by atoms with Gasteiger partial charge in [0.1, 0.15) is 29.8 Å². The topological polar surface area (TPSA) is 123 Å². The van der Waals surface area contributed by atoms with Gasteiger partial charge in [-0.15, -0.1) is 0 Å². The monoisotopic (exact) mass is 494 g/mol. The van der Waals surface area contributed by atoms with Crippen LogP contribution in [-0.2, 0) is 11.2 Å². The number of nitrogens with zero attached hydrogens (tertiary/aromatic N) is 2. The quantitative estimate of drug-likeness (QED) is 0.272. The molecule has 0 bridgehead atoms. The third-order valence-corrected chi connectivity index (χ3v) is 6.83. The predicted octanol–water partition coefficient (Wildman–Crippen LogP) is 3.64. The SMILES string of the molecule is CC(=O)C1CCN(CC(O)COc2ccc3c(C)c(Cc4cccc([N+](=O)[O-])c4)c(=O)oc3c2)CC1. The van der Waals surface area contributed by atoms with Crippen LogP contribution in [-0.4, -0.2) is 53.1 Å². The van der Waals surface area contributed by atoms with Gasteiger partial charge in [0.15, 0.2) is 0 Å². The Morgan fingerprint density at radius 2 is 2.00 bits per heavy atom. The number of carbonyl (C=O) groups excluding carboxylic acids is 1. The summed E-state index contributed by atoms with van der Waals surface area (Å²) in [4.78, 5) is 37.0. The van der Waals surface area contributed by atoms with Gasteiger partial charge in [-0.25, -0.2) is 4.79 Å². The Balaban J connectivity index is 1.41. The summed E-state index contributed by atoms with van der Waals surface area (Å²) in [5.41, 5.74) is 1.68. The van der Waals surface area contributed by atoms with Crippen molar-refractivity contribution in [1.29, 1.82) is 0 Å². The third-order valence-electron chi connectivity index (χ3n) is 6.83. The normalized spacial score (nSPS) is 15.6. The molecular weight excluding hydrogens is 464 g/mol. The Labute approximate surface area is 208 Å². The Hall–Kier alpha value is -3.56. The van der Waals surface area contributed by atoms with Gasteiger partial charge in [-0.3, -0.25) is 14.9 Å². The second kappa shape index (κ2) is 11.0. The van der Waals surface area contributed by atoms with Crippen LogP contribution >= 0.6 is 0 Å². The van der Waals surface area contributed by atoms with Gasteiger partial charge in [-0.2, -0.15) is 0 Å². The summed E-state index contributed by atoms with van der Waals surface area (Å²) in [6, 6.07) is 11.4. The summed E-state index contributed by atoms with van der Waals surface area (Å²) >= 11 is 0. The van der Waals surface area contributed by atoms with Crippen LogP contribution in [0.25, 0.3) is 11.0 Å². The molecule has 190 valence electrons. The molecule has 1 saturated heterocycles. The molecule has 1 N–H and O–H groups in total. The van der Waals surface area contributed by atoms with Crippen LogP contribution < -0.4 is 10.4 Å². The summed E-state index contributed by atoms with van der Waals surface area (Å²) in [6.07, 6.45) is 1.16. The number of aliphatic hydroxyl groups is 1. The molecule has 1 aliphatic heterocycles. The lowest BCUT2D eigenvalue weighted by Gasteiger charge is -2.32. The summed E-state index contributed by atoms with van der Waals surface area (Å²) in [5, 5.41) is 22.2. The number of ketones is 1. The number of likely N-dealkylation sites (tertiary alicyclic amines) is 1. The number of aliphatic hydroxyl groups excluding tert-OH is 1. The van der Waals surface area contributed by atoms with Crippen molar-refractivity contribution >= 4 is 22.4 Å². The second-order valence-corrected chi connectivity index (χ2v) is 9.41. The van der Waals surface area contributed by atoms with E-state index < -0.39 is 16.7 Å². The van der Waals surface area contributed by atoms with Crippen LogP contribution in [0.5, 0.6) is 5.75 Å². The second-order valence-electron chi connectivity index (χ2n) is 9.41. The number of hydrogen-bond donors (Lipinski definition) is 1. The molecular formula is C27H30N2O7. The van der Waals surface area contributed by atoms with E-state index in [2.05, 4.69) is 4.90 Å². The van der Waals surface area contributed by atoms with Crippen molar-refractivity contribution in [3.05, 3.63) is 79.7 Å². The van der Waals surface area contributed by atoms with Crippen molar-refractivity contribution in [3.8, 4) is 5.75 Å². The van der Waals surface area contributed by atoms with Gasteiger partial charge < -0.3 is 19.2 Å². The maximum atomic E-state index is 12.7. The van der Waals surface area contributed by atoms with Crippen LogP contribution in [0.4, 0.5) is 5.69 Å². The minimum absolute atomic E-state index is 0.0279. The van der Waals surface area contributed by atoms with E-state index in [0.717, 1.165) is 36.9 Å². The van der Waals surface area contributed by atoms with Crippen molar-refractivity contribution in [1.82, 2.24) is 4.90 Å². The smallest absolute Gasteiger partial charge is 0.340 e. The first-order valence-corrected chi connectivity index (χ1v) is 12.0. The molecule has 1 aliphatic rings. The molecule has 1 aromatic heterocycles. The molecule has 0 amide bonds. The molecule has 0 aliphatic carbocycles. The van der Waals surface area contributed by atoms with Gasteiger partial charge >= 0.3 is 5.63 Å². The molecule has 4 rings (SSSR count). The molecule has 0 radical (unpaired) electrons. The van der Waals surface area contributed by atoms with Crippen LogP contribution in [0.3, 0.4) is 0 Å². The minimum atomic E-state index is -0.694. The standard InChI is InChI=1S/C27H30N2O7/c1-17-24-7-6-23(35-16-22(31)15-28-10-8-20(9-11-28)18(2)30)14-26(24)36-27(32)25(17)13-19-4-3-5-21(12-19)29(33)34/h3-7,12,14,20,22,31H,8-11,13,15-16H2,1-2H3. The van der Waals surface area contributed by atoms with E-state index >= 15 is 0 Å². The first-order chi connectivity index (χ1) is 17.2. The minimum Gasteiger partial charge on any atom is -0.491 e. The van der Waals surface area contributed by atoms with Crippen molar-refractivity contribution < 1.29 is 24.0 Å². The molecule has 1 fully saturated rings. The van der Waals surface area contributed by atoms with Crippen LogP contribution in [0, 0.1) is 23.0 Å². The first kappa shape index (κ1) is 25.5. The molecule has 3 aromatic rings. The Morgan fingerprint density at radius 3 is 2.69 bits per heavy atom. The number of ether oxygens (including phenoxy) is 1. The first-order valence-electron chi connectivity index (χ1n) is 12.0. The van der Waals surface area contributed by atoms with E-state index in [1.54, 1.807) is 37.3 Å². The van der Waals surface area contributed by atoms with Crippen molar-refractivity contribution in [3.63, 3.8) is 0 Å². The average Bonchev–Trinajstić information content (AvgIpc) is 2.85. The van der Waals surface area contributed by atoms with E-state index in [9.17, 15) is 24.8 Å². The van der Waals surface area contributed by atoms with Crippen LogP contribution in [0.1, 0.15) is 36.5 Å². The number of piperidine rings is 1. The Morgan fingerprint density at radius 1 is 1.25 bits per heavy atom. The summed E-state index contributed by atoms with van der Waals surface area (Å²) in [5.74, 6) is 0.829. The van der Waals surface area contributed by atoms with Gasteiger partial charge in [0.25, 0.3) is 5.69 Å². The highest BCUT2D eigenvalue weighted by molar-refractivity contribution is 5.82. The number of rotatable bonds is 9. The highest BCUT2D eigenvalue weighted by Gasteiger charge is 2.24. The van der Waals surface area contributed by atoms with Crippen molar-refractivity contribution in [2.24, 2.45) is 5.92 Å². The number of fused-ring (bicyclic) bond motifs is 1. The maximum absolute atomic E-state index is 12.7. The maximum Gasteiger partial charge on any atom is 0.340 e. The zero-order valence-corrected chi connectivity index (χ0v) is 20.4. The fourth-order valence-corrected chi connectivity index (χ4v) is 4.72. The number of β-amino-alcohol motifs (C(OH)–C–C–N with tert-alkyl or cyclic N) is 1. The predicted molar refractivity (Wildman–Crippen MR) is 134 cm³/mol. The van der Waals surface area contributed by atoms with Gasteiger partial charge in [-0.1, -0.05) is 12.1 Å². The highest BCUT2D eigenvalue weighted by atomic mass is 16.6. The number of non-ortho nitro benzene ring substituents is 1. The van der Waals surface area contributed by atoms with Crippen molar-refractivity contribution in [2.75, 3.05) is 26.2 Å². The molecule has 1 unspecified atom stereocenters. The van der Waals surface area contributed by atoms with E-state index in [1.165, 1.54) is 12.1 Å². The zero-order chi connectivity index (χ0) is 25.8. The Bertz CT molecular complexity index is 1330. The van der Waals surface area contributed by atoms with Gasteiger partial charge in [0.2, 0.25) is 0 Å². The molecule has 0 spiro atoms. The molecule has 2 aromatic carbocycles. The Kier molecular flexibility index (Phi) is 7.81. The number of aryl methyl sites for hydroxylation is 1. The van der Waals surface area contributed by atoms with Gasteiger partial charge in [0.05, 0.1) is 4.92 Å². The largest absolute Gasteiger partial charge is 0.491 e. The number of carbonyl (C=O) groups is 1. The zero-order valence-electron chi connectivity index (χ0n) is 20.4. The lowest BCUT2D eigenvalue weighted by Crippen LogP contribution is -2.41. The van der Waals surface area contributed by atoms with E-state index in [-0.39, 0.29) is 30.4 Å².